The zero-order chi connectivity index (χ0) is 15.0. The normalized spacial score (nSPS) is 10.9. The Morgan fingerprint density at radius 3 is 2.95 bits per heavy atom. The Kier molecular flexibility index (Phi) is 6.20. The first-order valence-electron chi connectivity index (χ1n) is 6.11. The first kappa shape index (κ1) is 15.7. The minimum absolute atomic E-state index is 0.252. The fourth-order valence-electron chi connectivity index (χ4n) is 1.43. The van der Waals surface area contributed by atoms with Crippen molar-refractivity contribution in [3.05, 3.63) is 29.6 Å². The molecule has 106 valence electrons. The molecule has 1 aromatic rings. The van der Waals surface area contributed by atoms with Crippen LogP contribution in [0.1, 0.15) is 29.8 Å². The average molecular weight is 276 g/mol. The molecule has 1 heterocycles. The van der Waals surface area contributed by atoms with Crippen LogP contribution >= 0.6 is 0 Å². The first-order valence-corrected chi connectivity index (χ1v) is 6.11. The number of amides is 1. The Balaban J connectivity index is 2.85. The number of pyridine rings is 1. The van der Waals surface area contributed by atoms with Crippen LogP contribution < -0.4 is 5.32 Å². The molecule has 1 aromatic heterocycles. The largest absolute Gasteiger partial charge is 0.464 e. The van der Waals surface area contributed by atoms with Gasteiger partial charge in [-0.1, -0.05) is 11.8 Å². The van der Waals surface area contributed by atoms with Crippen LogP contribution in [0, 0.1) is 11.8 Å². The predicted octanol–water partition coefficient (Wildman–Crippen LogP) is 0.107. The van der Waals surface area contributed by atoms with Gasteiger partial charge >= 0.3 is 5.97 Å². The molecule has 1 amide bonds. The van der Waals surface area contributed by atoms with Gasteiger partial charge < -0.3 is 15.2 Å². The monoisotopic (exact) mass is 276 g/mol. The zero-order valence-electron chi connectivity index (χ0n) is 11.3. The van der Waals surface area contributed by atoms with Crippen LogP contribution in [0.25, 0.3) is 0 Å². The van der Waals surface area contributed by atoms with Gasteiger partial charge in [-0.15, -0.1) is 0 Å². The van der Waals surface area contributed by atoms with Crippen LogP contribution in [0.15, 0.2) is 18.5 Å². The lowest BCUT2D eigenvalue weighted by atomic mass is 10.1. The molecule has 1 atom stereocenters. The van der Waals surface area contributed by atoms with E-state index in [9.17, 15) is 9.59 Å². The standard InChI is InChI=1S/C14H16N2O4/c1-3-20-14(19)10(2)16-13(18)12-6-7-15-9-11(12)5-4-8-17/h6-7,9-10,17H,3,8H2,1-2H3,(H,16,18). The van der Waals surface area contributed by atoms with Crippen molar-refractivity contribution in [2.75, 3.05) is 13.2 Å². The van der Waals surface area contributed by atoms with Crippen molar-refractivity contribution in [3.8, 4) is 11.8 Å². The van der Waals surface area contributed by atoms with Crippen molar-refractivity contribution in [1.29, 1.82) is 0 Å². The van der Waals surface area contributed by atoms with Gasteiger partial charge in [-0.05, 0) is 19.9 Å². The Morgan fingerprint density at radius 2 is 2.30 bits per heavy atom. The van der Waals surface area contributed by atoms with E-state index in [1.165, 1.54) is 25.4 Å². The summed E-state index contributed by atoms with van der Waals surface area (Å²) in [4.78, 5) is 27.4. The average Bonchev–Trinajstić information content (AvgIpc) is 2.45. The number of rotatable bonds is 4. The number of carbonyl (C=O) groups is 2. The maximum atomic E-state index is 12.1. The van der Waals surface area contributed by atoms with Gasteiger partial charge in [0.1, 0.15) is 12.6 Å². The highest BCUT2D eigenvalue weighted by Gasteiger charge is 2.18. The van der Waals surface area contributed by atoms with E-state index in [2.05, 4.69) is 22.1 Å². The number of aliphatic hydroxyl groups is 1. The number of nitrogens with one attached hydrogen (secondary N) is 1. The first-order chi connectivity index (χ1) is 9.60. The highest BCUT2D eigenvalue weighted by molar-refractivity contribution is 5.98. The van der Waals surface area contributed by atoms with E-state index in [0.29, 0.717) is 5.56 Å². The van der Waals surface area contributed by atoms with Gasteiger partial charge in [0, 0.05) is 12.4 Å². The van der Waals surface area contributed by atoms with Crippen LogP contribution in [0.4, 0.5) is 0 Å². The molecule has 0 aromatic carbocycles. The minimum Gasteiger partial charge on any atom is -0.464 e. The second-order valence-electron chi connectivity index (χ2n) is 3.83. The van der Waals surface area contributed by atoms with E-state index < -0.39 is 17.9 Å². The third kappa shape index (κ3) is 4.37. The van der Waals surface area contributed by atoms with Crippen molar-refractivity contribution < 1.29 is 19.4 Å². The molecule has 1 unspecified atom stereocenters. The fraction of sp³-hybridized carbons (Fsp3) is 0.357. The second kappa shape index (κ2) is 7.92. The molecule has 6 heteroatoms. The summed E-state index contributed by atoms with van der Waals surface area (Å²) in [5, 5.41) is 11.2. The van der Waals surface area contributed by atoms with E-state index in [0.717, 1.165) is 0 Å². The van der Waals surface area contributed by atoms with E-state index in [-0.39, 0.29) is 18.8 Å². The summed E-state index contributed by atoms with van der Waals surface area (Å²) in [7, 11) is 0. The number of aromatic nitrogens is 1. The Hall–Kier alpha value is -2.39. The second-order valence-corrected chi connectivity index (χ2v) is 3.83. The number of nitrogens with zero attached hydrogens (tertiary/aromatic N) is 1. The lowest BCUT2D eigenvalue weighted by Crippen LogP contribution is -2.39. The molecule has 20 heavy (non-hydrogen) atoms. The molecule has 0 aliphatic rings. The summed E-state index contributed by atoms with van der Waals surface area (Å²) in [6, 6.07) is 0.739. The lowest BCUT2D eigenvalue weighted by molar-refractivity contribution is -0.144. The molecular weight excluding hydrogens is 260 g/mol. The minimum atomic E-state index is -0.755. The van der Waals surface area contributed by atoms with E-state index in [1.54, 1.807) is 6.92 Å². The van der Waals surface area contributed by atoms with E-state index in [4.69, 9.17) is 9.84 Å². The zero-order valence-corrected chi connectivity index (χ0v) is 11.3. The number of esters is 1. The third-order valence-electron chi connectivity index (χ3n) is 2.36. The molecule has 0 radical (unpaired) electrons. The van der Waals surface area contributed by atoms with Gasteiger partial charge in [0.15, 0.2) is 0 Å². The highest BCUT2D eigenvalue weighted by atomic mass is 16.5. The number of carbonyl (C=O) groups excluding carboxylic acids is 2. The Labute approximate surface area is 117 Å². The van der Waals surface area contributed by atoms with Crippen LogP contribution in [-0.2, 0) is 9.53 Å². The summed E-state index contributed by atoms with van der Waals surface area (Å²) in [5.41, 5.74) is 0.673. The van der Waals surface area contributed by atoms with Gasteiger partial charge in [0.25, 0.3) is 5.91 Å². The van der Waals surface area contributed by atoms with Crippen LogP contribution in [0.2, 0.25) is 0 Å². The highest BCUT2D eigenvalue weighted by Crippen LogP contribution is 2.06. The molecule has 1 rings (SSSR count). The Bertz CT molecular complexity index is 546. The topological polar surface area (TPSA) is 88.5 Å². The van der Waals surface area contributed by atoms with E-state index >= 15 is 0 Å². The van der Waals surface area contributed by atoms with Crippen LogP contribution in [-0.4, -0.2) is 41.2 Å². The van der Waals surface area contributed by atoms with Gasteiger partial charge in [-0.3, -0.25) is 9.78 Å². The molecule has 0 aliphatic heterocycles. The maximum Gasteiger partial charge on any atom is 0.328 e. The van der Waals surface area contributed by atoms with Crippen LogP contribution in [0.5, 0.6) is 0 Å². The van der Waals surface area contributed by atoms with Gasteiger partial charge in [-0.2, -0.15) is 0 Å². The summed E-state index contributed by atoms with van der Waals surface area (Å²) in [5.74, 6) is 4.13. The Morgan fingerprint density at radius 1 is 1.55 bits per heavy atom. The van der Waals surface area contributed by atoms with E-state index in [1.807, 2.05) is 0 Å². The molecule has 6 nitrogen and oxygen atoms in total. The van der Waals surface area contributed by atoms with Crippen LogP contribution in [0.3, 0.4) is 0 Å². The molecular formula is C14H16N2O4. The molecule has 2 N–H and O–H groups in total. The summed E-state index contributed by atoms with van der Waals surface area (Å²) < 4.78 is 4.81. The summed E-state index contributed by atoms with van der Waals surface area (Å²) in [6.07, 6.45) is 2.88. The summed E-state index contributed by atoms with van der Waals surface area (Å²) >= 11 is 0. The van der Waals surface area contributed by atoms with Gasteiger partial charge in [-0.25, -0.2) is 4.79 Å². The SMILES string of the molecule is CCOC(=O)C(C)NC(=O)c1ccncc1C#CCO. The van der Waals surface area contributed by atoms with Crippen molar-refractivity contribution in [1.82, 2.24) is 10.3 Å². The number of hydrogen-bond acceptors (Lipinski definition) is 5. The van der Waals surface area contributed by atoms with Crippen molar-refractivity contribution in [3.63, 3.8) is 0 Å². The summed E-state index contributed by atoms with van der Waals surface area (Å²) in [6.45, 7) is 3.17. The van der Waals surface area contributed by atoms with Crippen molar-refractivity contribution >= 4 is 11.9 Å². The third-order valence-corrected chi connectivity index (χ3v) is 2.36. The molecule has 0 saturated carbocycles. The molecule has 0 aliphatic carbocycles. The number of hydrogen-bond donors (Lipinski definition) is 2. The maximum absolute atomic E-state index is 12.1. The van der Waals surface area contributed by atoms with Crippen molar-refractivity contribution in [2.45, 2.75) is 19.9 Å². The molecule has 0 fully saturated rings. The lowest BCUT2D eigenvalue weighted by Gasteiger charge is -2.13. The quantitative estimate of drug-likeness (QED) is 0.602. The number of aliphatic hydroxyl groups excluding tert-OH is 1. The predicted molar refractivity (Wildman–Crippen MR) is 71.8 cm³/mol. The van der Waals surface area contributed by atoms with Gasteiger partial charge in [0.2, 0.25) is 0 Å². The fourth-order valence-corrected chi connectivity index (χ4v) is 1.43. The molecule has 0 saturated heterocycles. The molecule has 0 bridgehead atoms. The smallest absolute Gasteiger partial charge is 0.328 e. The number of ether oxygens (including phenoxy) is 1. The molecule has 0 spiro atoms. The van der Waals surface area contributed by atoms with Crippen molar-refractivity contribution in [2.24, 2.45) is 0 Å². The van der Waals surface area contributed by atoms with Gasteiger partial charge in [0.05, 0.1) is 17.7 Å².